The molecule has 0 rings (SSSR count). The maximum absolute atomic E-state index is 10.8. The monoisotopic (exact) mass is 171 g/mol. The fourth-order valence-electron chi connectivity index (χ4n) is 0.576. The number of carboxylic acids is 1. The van der Waals surface area contributed by atoms with Crippen molar-refractivity contribution in [2.75, 3.05) is 6.54 Å². The molecular formula is C8H13NO3. The minimum Gasteiger partial charge on any atom is -0.481 e. The Morgan fingerprint density at radius 3 is 2.67 bits per heavy atom. The molecule has 12 heavy (non-hydrogen) atoms. The van der Waals surface area contributed by atoms with Gasteiger partial charge in [-0.05, 0) is 12.5 Å². The van der Waals surface area contributed by atoms with Gasteiger partial charge in [0, 0.05) is 6.54 Å². The normalized spacial score (nSPS) is 10.1. The van der Waals surface area contributed by atoms with Gasteiger partial charge in [-0.3, -0.25) is 9.59 Å². The van der Waals surface area contributed by atoms with Crippen LogP contribution in [-0.4, -0.2) is 23.5 Å². The van der Waals surface area contributed by atoms with E-state index in [9.17, 15) is 9.59 Å². The van der Waals surface area contributed by atoms with Crippen molar-refractivity contribution < 1.29 is 14.7 Å². The molecule has 0 saturated carbocycles. The number of aliphatic carboxylic acids is 1. The molecule has 0 fully saturated rings. The molecule has 0 aromatic rings. The lowest BCUT2D eigenvalue weighted by atomic mass is 10.4. The summed E-state index contributed by atoms with van der Waals surface area (Å²) in [5.41, 5.74) is 0. The van der Waals surface area contributed by atoms with Crippen LogP contribution in [-0.2, 0) is 9.59 Å². The Morgan fingerprint density at radius 1 is 1.50 bits per heavy atom. The number of carbonyl (C=O) groups excluding carboxylic acids is 1. The molecule has 0 aromatic carbocycles. The van der Waals surface area contributed by atoms with E-state index in [1.807, 2.05) is 6.92 Å². The van der Waals surface area contributed by atoms with Crippen molar-refractivity contribution in [1.29, 1.82) is 0 Å². The van der Waals surface area contributed by atoms with Crippen LogP contribution in [0.5, 0.6) is 0 Å². The molecule has 0 bridgehead atoms. The number of carboxylic acid groups (broad SMARTS) is 1. The third-order valence-corrected chi connectivity index (χ3v) is 1.14. The van der Waals surface area contributed by atoms with Crippen LogP contribution in [0.4, 0.5) is 0 Å². The smallest absolute Gasteiger partial charge is 0.305 e. The molecule has 0 spiro atoms. The molecule has 0 aliphatic carbocycles. The van der Waals surface area contributed by atoms with Crippen molar-refractivity contribution >= 4 is 11.9 Å². The first kappa shape index (κ1) is 10.7. The first-order valence-electron chi connectivity index (χ1n) is 3.83. The summed E-state index contributed by atoms with van der Waals surface area (Å²) in [6.07, 6.45) is 3.88. The summed E-state index contributed by atoms with van der Waals surface area (Å²) in [7, 11) is 0. The second kappa shape index (κ2) is 6.39. The summed E-state index contributed by atoms with van der Waals surface area (Å²) < 4.78 is 0. The van der Waals surface area contributed by atoms with E-state index in [1.165, 1.54) is 6.08 Å². The quantitative estimate of drug-likeness (QED) is 0.593. The number of hydrogen-bond acceptors (Lipinski definition) is 2. The fourth-order valence-corrected chi connectivity index (χ4v) is 0.576. The van der Waals surface area contributed by atoms with Crippen LogP contribution in [0.15, 0.2) is 12.2 Å². The number of hydrogen-bond donors (Lipinski definition) is 2. The Bertz CT molecular complexity index is 187. The standard InChI is InChI=1S/C8H13NO3/c1-2-3-4-7(10)9-6-5-8(11)12/h3-4H,2,5-6H2,1H3,(H,9,10)(H,11,12). The molecule has 4 heteroatoms. The number of allylic oxidation sites excluding steroid dienone is 1. The zero-order valence-corrected chi connectivity index (χ0v) is 7.04. The lowest BCUT2D eigenvalue weighted by molar-refractivity contribution is -0.136. The molecule has 0 aliphatic rings. The van der Waals surface area contributed by atoms with Crippen molar-refractivity contribution in [3.05, 3.63) is 12.2 Å². The van der Waals surface area contributed by atoms with Gasteiger partial charge in [-0.2, -0.15) is 0 Å². The van der Waals surface area contributed by atoms with E-state index in [2.05, 4.69) is 5.32 Å². The van der Waals surface area contributed by atoms with Crippen molar-refractivity contribution in [2.24, 2.45) is 0 Å². The maximum atomic E-state index is 10.8. The van der Waals surface area contributed by atoms with Gasteiger partial charge < -0.3 is 10.4 Å². The van der Waals surface area contributed by atoms with Gasteiger partial charge in [0.1, 0.15) is 0 Å². The molecule has 1 amide bonds. The van der Waals surface area contributed by atoms with E-state index in [0.29, 0.717) is 0 Å². The summed E-state index contributed by atoms with van der Waals surface area (Å²) in [6, 6.07) is 0. The highest BCUT2D eigenvalue weighted by Crippen LogP contribution is 1.80. The van der Waals surface area contributed by atoms with Gasteiger partial charge in [-0.25, -0.2) is 0 Å². The highest BCUT2D eigenvalue weighted by molar-refractivity contribution is 5.87. The van der Waals surface area contributed by atoms with Gasteiger partial charge in [-0.1, -0.05) is 13.0 Å². The SMILES string of the molecule is CCC=CC(=O)NCCC(=O)O. The van der Waals surface area contributed by atoms with E-state index in [0.717, 1.165) is 6.42 Å². The zero-order valence-electron chi connectivity index (χ0n) is 7.04. The third kappa shape index (κ3) is 6.80. The van der Waals surface area contributed by atoms with Crippen molar-refractivity contribution in [2.45, 2.75) is 19.8 Å². The van der Waals surface area contributed by atoms with E-state index >= 15 is 0 Å². The average molecular weight is 171 g/mol. The minimum atomic E-state index is -0.908. The number of nitrogens with one attached hydrogen (secondary N) is 1. The molecular weight excluding hydrogens is 158 g/mol. The van der Waals surface area contributed by atoms with E-state index in [-0.39, 0.29) is 18.9 Å². The Labute approximate surface area is 71.3 Å². The number of carbonyl (C=O) groups is 2. The van der Waals surface area contributed by atoms with Crippen molar-refractivity contribution in [1.82, 2.24) is 5.32 Å². The molecule has 0 unspecified atom stereocenters. The molecule has 0 aromatic heterocycles. The molecule has 2 N–H and O–H groups in total. The van der Waals surface area contributed by atoms with Gasteiger partial charge in [-0.15, -0.1) is 0 Å². The summed E-state index contributed by atoms with van der Waals surface area (Å²) in [4.78, 5) is 20.8. The Balaban J connectivity index is 3.44. The minimum absolute atomic E-state index is 0.0360. The molecule has 0 saturated heterocycles. The van der Waals surface area contributed by atoms with Crippen LogP contribution in [0.25, 0.3) is 0 Å². The van der Waals surface area contributed by atoms with Gasteiger partial charge in [0.25, 0.3) is 0 Å². The van der Waals surface area contributed by atoms with E-state index in [4.69, 9.17) is 5.11 Å². The molecule has 68 valence electrons. The molecule has 0 heterocycles. The van der Waals surface area contributed by atoms with Gasteiger partial charge in [0.05, 0.1) is 6.42 Å². The predicted octanol–water partition coefficient (Wildman–Crippen LogP) is 0.544. The first-order chi connectivity index (χ1) is 5.66. The topological polar surface area (TPSA) is 66.4 Å². The highest BCUT2D eigenvalue weighted by Gasteiger charge is 1.97. The first-order valence-corrected chi connectivity index (χ1v) is 3.83. The van der Waals surface area contributed by atoms with Gasteiger partial charge in [0.15, 0.2) is 0 Å². The Kier molecular flexibility index (Phi) is 5.69. The number of rotatable bonds is 5. The van der Waals surface area contributed by atoms with Crippen LogP contribution in [0, 0.1) is 0 Å². The lowest BCUT2D eigenvalue weighted by Crippen LogP contribution is -2.23. The zero-order chi connectivity index (χ0) is 9.40. The predicted molar refractivity (Wildman–Crippen MR) is 44.7 cm³/mol. The van der Waals surface area contributed by atoms with E-state index in [1.54, 1.807) is 6.08 Å². The third-order valence-electron chi connectivity index (χ3n) is 1.14. The Hall–Kier alpha value is -1.32. The van der Waals surface area contributed by atoms with Crippen LogP contribution < -0.4 is 5.32 Å². The summed E-state index contributed by atoms with van der Waals surface area (Å²) in [6.45, 7) is 2.10. The lowest BCUT2D eigenvalue weighted by Gasteiger charge is -1.97. The van der Waals surface area contributed by atoms with Crippen LogP contribution >= 0.6 is 0 Å². The summed E-state index contributed by atoms with van der Waals surface area (Å²) >= 11 is 0. The van der Waals surface area contributed by atoms with Gasteiger partial charge >= 0.3 is 5.97 Å². The summed E-state index contributed by atoms with van der Waals surface area (Å²) in [5.74, 6) is -1.15. The largest absolute Gasteiger partial charge is 0.481 e. The van der Waals surface area contributed by atoms with Gasteiger partial charge in [0.2, 0.25) is 5.91 Å². The molecule has 0 atom stereocenters. The second-order valence-electron chi connectivity index (χ2n) is 2.25. The Morgan fingerprint density at radius 2 is 2.17 bits per heavy atom. The van der Waals surface area contributed by atoms with Crippen LogP contribution in [0.3, 0.4) is 0 Å². The molecule has 0 aliphatic heterocycles. The molecule has 0 radical (unpaired) electrons. The fraction of sp³-hybridized carbons (Fsp3) is 0.500. The number of amides is 1. The second-order valence-corrected chi connectivity index (χ2v) is 2.25. The van der Waals surface area contributed by atoms with Crippen LogP contribution in [0.1, 0.15) is 19.8 Å². The summed E-state index contributed by atoms with van der Waals surface area (Å²) in [5, 5.41) is 10.7. The van der Waals surface area contributed by atoms with Crippen molar-refractivity contribution in [3.8, 4) is 0 Å². The van der Waals surface area contributed by atoms with Crippen LogP contribution in [0.2, 0.25) is 0 Å². The van der Waals surface area contributed by atoms with E-state index < -0.39 is 5.97 Å². The van der Waals surface area contributed by atoms with Crippen molar-refractivity contribution in [3.63, 3.8) is 0 Å². The molecule has 4 nitrogen and oxygen atoms in total. The maximum Gasteiger partial charge on any atom is 0.305 e. The highest BCUT2D eigenvalue weighted by atomic mass is 16.4. The average Bonchev–Trinajstić information content (AvgIpc) is 2.00.